The first kappa shape index (κ1) is 10.9. The van der Waals surface area contributed by atoms with E-state index in [-0.39, 0.29) is 0 Å². The maximum atomic E-state index is 10.7. The van der Waals surface area contributed by atoms with E-state index in [0.29, 0.717) is 11.4 Å². The van der Waals surface area contributed by atoms with Gasteiger partial charge in [0.2, 0.25) is 0 Å². The Morgan fingerprint density at radius 2 is 2.38 bits per heavy atom. The summed E-state index contributed by atoms with van der Waals surface area (Å²) in [5, 5.41) is 9.50. The van der Waals surface area contributed by atoms with Crippen LogP contribution in [0.15, 0.2) is 17.7 Å². The lowest BCUT2D eigenvalue weighted by atomic mass is 10.2. The second kappa shape index (κ2) is 4.48. The highest BCUT2D eigenvalue weighted by Crippen LogP contribution is 2.23. The number of aromatic nitrogens is 4. The first-order chi connectivity index (χ1) is 7.68. The van der Waals surface area contributed by atoms with Crippen LogP contribution in [0.5, 0.6) is 0 Å². The van der Waals surface area contributed by atoms with Gasteiger partial charge in [-0.05, 0) is 0 Å². The number of carboxylic acids is 1. The molecule has 2 N–H and O–H groups in total. The van der Waals surface area contributed by atoms with E-state index in [4.69, 9.17) is 5.11 Å². The van der Waals surface area contributed by atoms with Gasteiger partial charge in [0.05, 0.1) is 12.2 Å². The molecular formula is C9H10N4O2S. The molecule has 0 aliphatic carbocycles. The lowest BCUT2D eigenvalue weighted by Gasteiger charge is -2.04. The van der Waals surface area contributed by atoms with Crippen LogP contribution in [0, 0.1) is 5.92 Å². The molecule has 0 aliphatic rings. The molecule has 0 amide bonds. The van der Waals surface area contributed by atoms with Crippen LogP contribution in [0.4, 0.5) is 0 Å². The number of nitrogens with one attached hydrogen (secondary N) is 1. The first-order valence-electron chi connectivity index (χ1n) is 4.68. The molecule has 0 aliphatic heterocycles. The second-order valence-corrected chi connectivity index (χ2v) is 4.34. The van der Waals surface area contributed by atoms with Gasteiger partial charge in [0.15, 0.2) is 5.65 Å². The van der Waals surface area contributed by atoms with Crippen molar-refractivity contribution in [3.8, 4) is 0 Å². The predicted molar refractivity (Wildman–Crippen MR) is 59.2 cm³/mol. The topological polar surface area (TPSA) is 91.8 Å². The zero-order valence-corrected chi connectivity index (χ0v) is 9.36. The predicted octanol–water partition coefficient (Wildman–Crippen LogP) is 1.17. The Balaban J connectivity index is 2.15. The summed E-state index contributed by atoms with van der Waals surface area (Å²) in [7, 11) is 0. The van der Waals surface area contributed by atoms with Gasteiger partial charge in [-0.1, -0.05) is 6.92 Å². The van der Waals surface area contributed by atoms with E-state index in [1.807, 2.05) is 0 Å². The SMILES string of the molecule is CC(CSc1ncnc2nc[nH]c12)C(=O)O. The van der Waals surface area contributed by atoms with E-state index in [1.165, 1.54) is 18.1 Å². The average Bonchev–Trinajstić information content (AvgIpc) is 2.73. The minimum atomic E-state index is -0.803. The smallest absolute Gasteiger partial charge is 0.307 e. The molecule has 0 aromatic carbocycles. The van der Waals surface area contributed by atoms with E-state index >= 15 is 0 Å². The van der Waals surface area contributed by atoms with Crippen LogP contribution in [-0.2, 0) is 4.79 Å². The summed E-state index contributed by atoms with van der Waals surface area (Å²) in [5.74, 6) is -0.735. The monoisotopic (exact) mass is 238 g/mol. The summed E-state index contributed by atoms with van der Waals surface area (Å²) in [6, 6.07) is 0. The number of thioether (sulfide) groups is 1. The fraction of sp³-hybridized carbons (Fsp3) is 0.333. The van der Waals surface area contributed by atoms with Crippen LogP contribution < -0.4 is 0 Å². The summed E-state index contributed by atoms with van der Waals surface area (Å²) >= 11 is 1.39. The molecule has 0 saturated carbocycles. The van der Waals surface area contributed by atoms with E-state index in [0.717, 1.165) is 10.5 Å². The van der Waals surface area contributed by atoms with Gasteiger partial charge in [-0.25, -0.2) is 15.0 Å². The normalized spacial score (nSPS) is 12.8. The highest BCUT2D eigenvalue weighted by Gasteiger charge is 2.13. The van der Waals surface area contributed by atoms with Crippen LogP contribution in [0.2, 0.25) is 0 Å². The molecule has 84 valence electrons. The zero-order chi connectivity index (χ0) is 11.5. The highest BCUT2D eigenvalue weighted by atomic mass is 32.2. The fourth-order valence-electron chi connectivity index (χ4n) is 1.13. The fourth-order valence-corrected chi connectivity index (χ4v) is 2.09. The van der Waals surface area contributed by atoms with Gasteiger partial charge >= 0.3 is 5.97 Å². The Hall–Kier alpha value is -1.63. The Morgan fingerprint density at radius 1 is 1.56 bits per heavy atom. The van der Waals surface area contributed by atoms with E-state index in [9.17, 15) is 4.79 Å². The molecule has 2 rings (SSSR count). The number of nitrogens with zero attached hydrogens (tertiary/aromatic N) is 3. The first-order valence-corrected chi connectivity index (χ1v) is 5.66. The lowest BCUT2D eigenvalue weighted by molar-refractivity contribution is -0.140. The van der Waals surface area contributed by atoms with Crippen LogP contribution in [-0.4, -0.2) is 36.8 Å². The number of fused-ring (bicyclic) bond motifs is 1. The van der Waals surface area contributed by atoms with Gasteiger partial charge in [-0.2, -0.15) is 0 Å². The van der Waals surface area contributed by atoms with Crippen LogP contribution in [0.25, 0.3) is 11.2 Å². The largest absolute Gasteiger partial charge is 0.481 e. The van der Waals surface area contributed by atoms with Crippen molar-refractivity contribution in [2.75, 3.05) is 5.75 Å². The van der Waals surface area contributed by atoms with Crippen molar-refractivity contribution in [3.63, 3.8) is 0 Å². The quantitative estimate of drug-likeness (QED) is 0.613. The third-order valence-corrected chi connectivity index (χ3v) is 3.33. The molecule has 0 spiro atoms. The van der Waals surface area contributed by atoms with Gasteiger partial charge < -0.3 is 10.1 Å². The summed E-state index contributed by atoms with van der Waals surface area (Å²) in [6.45, 7) is 1.67. The molecule has 1 atom stereocenters. The maximum absolute atomic E-state index is 10.7. The number of rotatable bonds is 4. The van der Waals surface area contributed by atoms with Gasteiger partial charge in [-0.15, -0.1) is 11.8 Å². The second-order valence-electron chi connectivity index (χ2n) is 3.33. The molecule has 7 heteroatoms. The summed E-state index contributed by atoms with van der Waals surface area (Å²) in [4.78, 5) is 25.7. The van der Waals surface area contributed by atoms with Gasteiger partial charge in [-0.3, -0.25) is 4.79 Å². The molecule has 16 heavy (non-hydrogen) atoms. The maximum Gasteiger partial charge on any atom is 0.307 e. The average molecular weight is 238 g/mol. The highest BCUT2D eigenvalue weighted by molar-refractivity contribution is 7.99. The number of aliphatic carboxylic acids is 1. The Morgan fingerprint density at radius 3 is 3.12 bits per heavy atom. The number of carboxylic acid groups (broad SMARTS) is 1. The van der Waals surface area contributed by atoms with Gasteiger partial charge in [0.25, 0.3) is 0 Å². The van der Waals surface area contributed by atoms with Gasteiger partial charge in [0.1, 0.15) is 16.9 Å². The van der Waals surface area contributed by atoms with Crippen LogP contribution in [0.3, 0.4) is 0 Å². The van der Waals surface area contributed by atoms with Crippen molar-refractivity contribution >= 4 is 28.9 Å². The third-order valence-electron chi connectivity index (χ3n) is 2.08. The summed E-state index contributed by atoms with van der Waals surface area (Å²) in [5.41, 5.74) is 1.35. The van der Waals surface area contributed by atoms with Crippen molar-refractivity contribution in [1.29, 1.82) is 0 Å². The number of H-pyrrole nitrogens is 1. The number of aromatic amines is 1. The Bertz CT molecular complexity index is 513. The number of imidazole rings is 1. The van der Waals surface area contributed by atoms with Crippen molar-refractivity contribution < 1.29 is 9.90 Å². The van der Waals surface area contributed by atoms with Crippen molar-refractivity contribution in [2.45, 2.75) is 11.9 Å². The standard InChI is InChI=1S/C9H10N4O2S/c1-5(9(14)15)2-16-8-6-7(11-3-10-6)12-4-13-8/h3-5H,2H2,1H3,(H,14,15)(H,10,11,12,13). The Labute approximate surface area is 95.5 Å². The molecule has 6 nitrogen and oxygen atoms in total. The van der Waals surface area contributed by atoms with E-state index in [2.05, 4.69) is 19.9 Å². The molecule has 0 bridgehead atoms. The molecular weight excluding hydrogens is 228 g/mol. The minimum Gasteiger partial charge on any atom is -0.481 e. The molecule has 2 aromatic rings. The molecule has 0 saturated heterocycles. The third kappa shape index (κ3) is 2.13. The molecule has 1 unspecified atom stereocenters. The van der Waals surface area contributed by atoms with Crippen molar-refractivity contribution in [3.05, 3.63) is 12.7 Å². The number of hydrogen-bond donors (Lipinski definition) is 2. The minimum absolute atomic E-state index is 0.405. The van der Waals surface area contributed by atoms with Crippen LogP contribution in [0.1, 0.15) is 6.92 Å². The number of hydrogen-bond acceptors (Lipinski definition) is 5. The van der Waals surface area contributed by atoms with Crippen molar-refractivity contribution in [2.24, 2.45) is 5.92 Å². The molecule has 2 heterocycles. The van der Waals surface area contributed by atoms with Gasteiger partial charge in [0, 0.05) is 5.75 Å². The molecule has 0 radical (unpaired) electrons. The molecule has 2 aromatic heterocycles. The number of carbonyl (C=O) groups is 1. The summed E-state index contributed by atoms with van der Waals surface area (Å²) in [6.07, 6.45) is 2.97. The lowest BCUT2D eigenvalue weighted by Crippen LogP contribution is -2.11. The van der Waals surface area contributed by atoms with E-state index in [1.54, 1.807) is 13.3 Å². The van der Waals surface area contributed by atoms with E-state index < -0.39 is 11.9 Å². The van der Waals surface area contributed by atoms with Crippen LogP contribution >= 0.6 is 11.8 Å². The Kier molecular flexibility index (Phi) is 3.04. The zero-order valence-electron chi connectivity index (χ0n) is 8.54. The molecule has 0 fully saturated rings. The summed E-state index contributed by atoms with van der Waals surface area (Å²) < 4.78 is 0. The van der Waals surface area contributed by atoms with Crippen molar-refractivity contribution in [1.82, 2.24) is 19.9 Å².